The number of carbonyl (C=O) groups excluding carboxylic acids is 1. The molecule has 4 rings (SSSR count). The lowest BCUT2D eigenvalue weighted by Gasteiger charge is -2.11. The first-order valence-electron chi connectivity index (χ1n) is 9.75. The normalized spacial score (nSPS) is 14.5. The number of aryl methyl sites for hydroxylation is 1. The number of benzene rings is 3. The Balaban J connectivity index is 1.52. The summed E-state index contributed by atoms with van der Waals surface area (Å²) in [6, 6.07) is 22.0. The lowest BCUT2D eigenvalue weighted by Crippen LogP contribution is -2.06. The van der Waals surface area contributed by atoms with Crippen LogP contribution < -0.4 is 4.74 Å². The van der Waals surface area contributed by atoms with Crippen molar-refractivity contribution < 1.29 is 14.3 Å². The average Bonchev–Trinajstić information content (AvgIpc) is 3.11. The number of cyclic esters (lactones) is 1. The highest BCUT2D eigenvalue weighted by atomic mass is 127. The van der Waals surface area contributed by atoms with Crippen LogP contribution in [-0.2, 0) is 16.0 Å². The zero-order valence-corrected chi connectivity index (χ0v) is 21.1. The monoisotopic (exact) mass is 635 g/mol. The minimum Gasteiger partial charge on any atom is -0.491 e. The summed E-state index contributed by atoms with van der Waals surface area (Å²) >= 11 is 4.53. The van der Waals surface area contributed by atoms with Crippen LogP contribution in [0.2, 0.25) is 0 Å². The summed E-state index contributed by atoms with van der Waals surface area (Å²) in [5, 5.41) is 0. The number of rotatable bonds is 6. The molecule has 0 unspecified atom stereocenters. The van der Waals surface area contributed by atoms with E-state index in [1.807, 2.05) is 61.5 Å². The van der Waals surface area contributed by atoms with E-state index in [9.17, 15) is 4.79 Å². The molecule has 0 saturated carbocycles. The van der Waals surface area contributed by atoms with Crippen LogP contribution in [0.15, 0.2) is 77.4 Å². The zero-order valence-electron chi connectivity index (χ0n) is 16.8. The Morgan fingerprint density at radius 2 is 1.68 bits per heavy atom. The smallest absolute Gasteiger partial charge is 0.363 e. The van der Waals surface area contributed by atoms with Crippen molar-refractivity contribution >= 4 is 63.1 Å². The van der Waals surface area contributed by atoms with Crippen molar-refractivity contribution in [3.8, 4) is 5.75 Å². The van der Waals surface area contributed by atoms with Gasteiger partial charge in [-0.15, -0.1) is 0 Å². The molecule has 0 fully saturated rings. The quantitative estimate of drug-likeness (QED) is 0.185. The summed E-state index contributed by atoms with van der Waals surface area (Å²) < 4.78 is 13.4. The van der Waals surface area contributed by atoms with Crippen LogP contribution in [0.5, 0.6) is 5.75 Å². The van der Waals surface area contributed by atoms with Gasteiger partial charge in [-0.2, -0.15) is 0 Å². The van der Waals surface area contributed by atoms with Crippen molar-refractivity contribution in [2.45, 2.75) is 13.3 Å². The van der Waals surface area contributed by atoms with Crippen LogP contribution in [0.3, 0.4) is 0 Å². The van der Waals surface area contributed by atoms with Crippen molar-refractivity contribution in [1.82, 2.24) is 0 Å². The molecule has 0 spiro atoms. The van der Waals surface area contributed by atoms with Gasteiger partial charge in [-0.05, 0) is 93.1 Å². The van der Waals surface area contributed by atoms with Gasteiger partial charge in [0.2, 0.25) is 5.90 Å². The molecule has 0 aromatic heterocycles. The van der Waals surface area contributed by atoms with Crippen molar-refractivity contribution in [3.05, 3.63) is 102 Å². The Labute approximate surface area is 208 Å². The second-order valence-corrected chi connectivity index (χ2v) is 9.37. The molecule has 0 N–H and O–H groups in total. The minimum absolute atomic E-state index is 0.294. The third kappa shape index (κ3) is 5.35. The van der Waals surface area contributed by atoms with Gasteiger partial charge in [-0.1, -0.05) is 48.5 Å². The molecule has 0 amide bonds. The SMILES string of the molecule is Cc1ccccc1C1=N/C(=C\c2cc(I)c(OCCc3ccccc3)c(I)c2)C(=O)O1. The van der Waals surface area contributed by atoms with E-state index in [1.165, 1.54) is 5.56 Å². The first-order valence-corrected chi connectivity index (χ1v) is 11.9. The fourth-order valence-electron chi connectivity index (χ4n) is 3.21. The topological polar surface area (TPSA) is 47.9 Å². The summed E-state index contributed by atoms with van der Waals surface area (Å²) in [4.78, 5) is 16.8. The summed E-state index contributed by atoms with van der Waals surface area (Å²) in [5.74, 6) is 0.767. The maximum Gasteiger partial charge on any atom is 0.363 e. The van der Waals surface area contributed by atoms with E-state index in [0.717, 1.165) is 36.0 Å². The van der Waals surface area contributed by atoms with Crippen LogP contribution >= 0.6 is 45.2 Å². The van der Waals surface area contributed by atoms with Crippen molar-refractivity contribution in [1.29, 1.82) is 0 Å². The van der Waals surface area contributed by atoms with E-state index in [1.54, 1.807) is 6.08 Å². The third-order valence-corrected chi connectivity index (χ3v) is 6.40. The van der Waals surface area contributed by atoms with E-state index in [0.29, 0.717) is 18.2 Å². The Bertz CT molecular complexity index is 1160. The molecule has 0 radical (unpaired) electrons. The van der Waals surface area contributed by atoms with E-state index in [4.69, 9.17) is 9.47 Å². The molecule has 1 aliphatic heterocycles. The predicted octanol–water partition coefficient (Wildman–Crippen LogP) is 6.17. The van der Waals surface area contributed by atoms with E-state index in [-0.39, 0.29) is 0 Å². The average molecular weight is 635 g/mol. The lowest BCUT2D eigenvalue weighted by molar-refractivity contribution is -0.129. The van der Waals surface area contributed by atoms with Gasteiger partial charge in [0, 0.05) is 12.0 Å². The van der Waals surface area contributed by atoms with Crippen LogP contribution in [-0.4, -0.2) is 18.5 Å². The number of ether oxygens (including phenoxy) is 2. The van der Waals surface area contributed by atoms with Crippen LogP contribution in [0.1, 0.15) is 22.3 Å². The third-order valence-electron chi connectivity index (χ3n) is 4.80. The van der Waals surface area contributed by atoms with Gasteiger partial charge in [0.05, 0.1) is 13.7 Å². The highest BCUT2D eigenvalue weighted by Gasteiger charge is 2.25. The highest BCUT2D eigenvalue weighted by molar-refractivity contribution is 14.1. The molecule has 3 aromatic carbocycles. The zero-order chi connectivity index (χ0) is 21.8. The van der Waals surface area contributed by atoms with Gasteiger partial charge < -0.3 is 9.47 Å². The van der Waals surface area contributed by atoms with Gasteiger partial charge in [-0.3, -0.25) is 0 Å². The molecule has 31 heavy (non-hydrogen) atoms. The second-order valence-electron chi connectivity index (χ2n) is 7.05. The molecule has 3 aromatic rings. The van der Waals surface area contributed by atoms with Crippen molar-refractivity contribution in [2.24, 2.45) is 4.99 Å². The number of hydrogen-bond acceptors (Lipinski definition) is 4. The molecular formula is C25H19I2NO3. The van der Waals surface area contributed by atoms with Crippen molar-refractivity contribution in [2.75, 3.05) is 6.61 Å². The number of aliphatic imine (C=N–C) groups is 1. The maximum absolute atomic E-state index is 12.4. The van der Waals surface area contributed by atoms with E-state index in [2.05, 4.69) is 62.3 Å². The predicted molar refractivity (Wildman–Crippen MR) is 139 cm³/mol. The Morgan fingerprint density at radius 3 is 2.39 bits per heavy atom. The Hall–Kier alpha value is -2.20. The molecule has 0 saturated heterocycles. The molecule has 156 valence electrons. The summed E-state index contributed by atoms with van der Waals surface area (Å²) in [7, 11) is 0. The van der Waals surface area contributed by atoms with Gasteiger partial charge >= 0.3 is 5.97 Å². The minimum atomic E-state index is -0.438. The summed E-state index contributed by atoms with van der Waals surface area (Å²) in [5.41, 5.74) is 4.26. The largest absolute Gasteiger partial charge is 0.491 e. The standard InChI is InChI=1S/C25H19I2NO3/c1-16-7-5-6-10-19(16)24-28-22(25(29)31-24)15-18-13-20(26)23(21(27)14-18)30-12-11-17-8-3-2-4-9-17/h2-10,13-15H,11-12H2,1H3/b22-15-. The second kappa shape index (κ2) is 9.95. The first kappa shape index (κ1) is 22.0. The number of hydrogen-bond donors (Lipinski definition) is 0. The van der Waals surface area contributed by atoms with E-state index < -0.39 is 5.97 Å². The Morgan fingerprint density at radius 1 is 1.00 bits per heavy atom. The number of nitrogens with zero attached hydrogens (tertiary/aromatic N) is 1. The van der Waals surface area contributed by atoms with Crippen LogP contribution in [0, 0.1) is 14.1 Å². The lowest BCUT2D eigenvalue weighted by atomic mass is 10.1. The number of esters is 1. The first-order chi connectivity index (χ1) is 15.0. The molecular weight excluding hydrogens is 616 g/mol. The molecule has 1 aliphatic rings. The molecule has 1 heterocycles. The van der Waals surface area contributed by atoms with Crippen LogP contribution in [0.25, 0.3) is 6.08 Å². The maximum atomic E-state index is 12.4. The van der Waals surface area contributed by atoms with Gasteiger partial charge in [0.1, 0.15) is 5.75 Å². The van der Waals surface area contributed by atoms with Crippen LogP contribution in [0.4, 0.5) is 0 Å². The molecule has 0 aliphatic carbocycles. The molecule has 4 nitrogen and oxygen atoms in total. The molecule has 6 heteroatoms. The summed E-state index contributed by atoms with van der Waals surface area (Å²) in [6.45, 7) is 2.57. The number of halogens is 2. The molecule has 0 bridgehead atoms. The highest BCUT2D eigenvalue weighted by Crippen LogP contribution is 2.31. The molecule has 0 atom stereocenters. The number of carbonyl (C=O) groups is 1. The fourth-order valence-corrected chi connectivity index (χ4v) is 5.34. The van der Waals surface area contributed by atoms with E-state index >= 15 is 0 Å². The fraction of sp³-hybridized carbons (Fsp3) is 0.120. The summed E-state index contributed by atoms with van der Waals surface area (Å²) in [6.07, 6.45) is 2.60. The van der Waals surface area contributed by atoms with Gasteiger partial charge in [0.25, 0.3) is 0 Å². The van der Waals surface area contributed by atoms with Crippen molar-refractivity contribution in [3.63, 3.8) is 0 Å². The van der Waals surface area contributed by atoms with Gasteiger partial charge in [-0.25, -0.2) is 9.79 Å². The van der Waals surface area contributed by atoms with Gasteiger partial charge in [0.15, 0.2) is 5.70 Å². The Kier molecular flexibility index (Phi) is 7.06.